The number of amides is 3. The van der Waals surface area contributed by atoms with Gasteiger partial charge < -0.3 is 10.6 Å². The van der Waals surface area contributed by atoms with Crippen molar-refractivity contribution >= 4 is 17.7 Å². The molecule has 1 unspecified atom stereocenters. The Morgan fingerprint density at radius 1 is 1.25 bits per heavy atom. The summed E-state index contributed by atoms with van der Waals surface area (Å²) in [7, 11) is 0. The van der Waals surface area contributed by atoms with Crippen molar-refractivity contribution in [2.75, 3.05) is 13.1 Å². The molecule has 3 amide bonds. The average molecular weight is 382 g/mol. The van der Waals surface area contributed by atoms with Crippen molar-refractivity contribution in [3.63, 3.8) is 0 Å². The van der Waals surface area contributed by atoms with E-state index in [-0.39, 0.29) is 29.7 Å². The first kappa shape index (κ1) is 17.8. The highest BCUT2D eigenvalue weighted by Crippen LogP contribution is 2.59. The third kappa shape index (κ3) is 2.46. The second-order valence-corrected chi connectivity index (χ2v) is 9.29. The first-order chi connectivity index (χ1) is 13.3. The lowest BCUT2D eigenvalue weighted by atomic mass is 9.63. The predicted octanol–water partition coefficient (Wildman–Crippen LogP) is 0.761. The van der Waals surface area contributed by atoms with E-state index in [9.17, 15) is 14.4 Å². The van der Waals surface area contributed by atoms with Crippen LogP contribution in [-0.2, 0) is 22.7 Å². The van der Waals surface area contributed by atoms with Crippen LogP contribution in [-0.4, -0.2) is 52.2 Å². The summed E-state index contributed by atoms with van der Waals surface area (Å²) >= 11 is 0. The van der Waals surface area contributed by atoms with Gasteiger partial charge in [0.2, 0.25) is 11.8 Å². The van der Waals surface area contributed by atoms with E-state index in [1.165, 1.54) is 0 Å². The van der Waals surface area contributed by atoms with E-state index in [0.29, 0.717) is 30.5 Å². The van der Waals surface area contributed by atoms with E-state index >= 15 is 0 Å². The maximum atomic E-state index is 13.0. The number of nitrogens with one attached hydrogen (secondary N) is 1. The SMILES string of the molecule is CC12CN(Cc3cccc4c3CN(C3CCC(=O)NC3=O)C4=O)C(CN)(C1)C2. The minimum absolute atomic E-state index is 0.101. The number of hydrogen-bond acceptors (Lipinski definition) is 5. The smallest absolute Gasteiger partial charge is 0.255 e. The summed E-state index contributed by atoms with van der Waals surface area (Å²) in [6, 6.07) is 5.29. The highest BCUT2D eigenvalue weighted by molar-refractivity contribution is 6.05. The number of nitrogens with two attached hydrogens (primary N) is 1. The van der Waals surface area contributed by atoms with Gasteiger partial charge in [-0.25, -0.2) is 0 Å². The molecule has 3 saturated heterocycles. The van der Waals surface area contributed by atoms with E-state index in [1.54, 1.807) is 4.90 Å². The molecule has 2 bridgehead atoms. The van der Waals surface area contributed by atoms with Crippen molar-refractivity contribution in [1.29, 1.82) is 0 Å². The van der Waals surface area contributed by atoms with Crippen LogP contribution in [0.15, 0.2) is 18.2 Å². The fraction of sp³-hybridized carbons (Fsp3) is 0.571. The minimum Gasteiger partial charge on any atom is -0.329 e. The molecule has 6 rings (SSSR count). The van der Waals surface area contributed by atoms with Gasteiger partial charge in [-0.15, -0.1) is 0 Å². The second-order valence-electron chi connectivity index (χ2n) is 9.29. The molecule has 4 aliphatic heterocycles. The quantitative estimate of drug-likeness (QED) is 0.750. The van der Waals surface area contributed by atoms with Crippen LogP contribution >= 0.6 is 0 Å². The lowest BCUT2D eigenvalue weighted by Crippen LogP contribution is -2.53. The molecule has 4 fully saturated rings. The van der Waals surface area contributed by atoms with E-state index < -0.39 is 6.04 Å². The number of piperidine rings is 1. The molecular weight excluding hydrogens is 356 g/mol. The largest absolute Gasteiger partial charge is 0.329 e. The minimum atomic E-state index is -0.570. The Morgan fingerprint density at radius 3 is 2.75 bits per heavy atom. The first-order valence-corrected chi connectivity index (χ1v) is 10.0. The maximum Gasteiger partial charge on any atom is 0.255 e. The number of carbonyl (C=O) groups is 3. The summed E-state index contributed by atoms with van der Waals surface area (Å²) in [5.74, 6) is -0.744. The zero-order valence-electron chi connectivity index (χ0n) is 16.2. The highest BCUT2D eigenvalue weighted by atomic mass is 16.2. The number of fused-ring (bicyclic) bond motifs is 2. The lowest BCUT2D eigenvalue weighted by molar-refractivity contribution is -0.136. The topological polar surface area (TPSA) is 95.7 Å². The summed E-state index contributed by atoms with van der Waals surface area (Å²) in [6.45, 7) is 5.24. The van der Waals surface area contributed by atoms with Crippen LogP contribution in [0.5, 0.6) is 0 Å². The molecule has 148 valence electrons. The second kappa shape index (κ2) is 5.87. The standard InChI is InChI=1S/C21H26N4O3/c1-20-9-21(10-20,11-22)24(12-20)7-13-3-2-4-14-15(13)8-25(19(14)28)16-5-6-17(26)23-18(16)27/h2-4,16H,5-12,22H2,1H3,(H,23,26,27). The van der Waals surface area contributed by atoms with Crippen molar-refractivity contribution in [3.8, 4) is 0 Å². The highest BCUT2D eigenvalue weighted by Gasteiger charge is 2.61. The molecule has 1 aromatic rings. The van der Waals surface area contributed by atoms with Crippen LogP contribution in [0, 0.1) is 5.41 Å². The lowest BCUT2D eigenvalue weighted by Gasteiger charge is -2.46. The molecule has 5 aliphatic rings. The monoisotopic (exact) mass is 382 g/mol. The fourth-order valence-corrected chi connectivity index (χ4v) is 6.00. The van der Waals surface area contributed by atoms with Crippen LogP contribution in [0.2, 0.25) is 0 Å². The van der Waals surface area contributed by atoms with Crippen molar-refractivity contribution in [3.05, 3.63) is 34.9 Å². The third-order valence-electron chi connectivity index (χ3n) is 7.18. The van der Waals surface area contributed by atoms with E-state index in [0.717, 1.165) is 37.1 Å². The van der Waals surface area contributed by atoms with Crippen molar-refractivity contribution < 1.29 is 14.4 Å². The molecule has 1 aliphatic carbocycles. The molecule has 4 heterocycles. The van der Waals surface area contributed by atoms with Gasteiger partial charge in [-0.3, -0.25) is 24.6 Å². The Labute approximate surface area is 164 Å². The number of imide groups is 1. The van der Waals surface area contributed by atoms with Gasteiger partial charge in [-0.1, -0.05) is 19.1 Å². The Balaban J connectivity index is 1.40. The van der Waals surface area contributed by atoms with E-state index in [4.69, 9.17) is 5.73 Å². The predicted molar refractivity (Wildman–Crippen MR) is 102 cm³/mol. The summed E-state index contributed by atoms with van der Waals surface area (Å²) in [5.41, 5.74) is 9.42. The Bertz CT molecular complexity index is 890. The summed E-state index contributed by atoms with van der Waals surface area (Å²) < 4.78 is 0. The van der Waals surface area contributed by atoms with Crippen LogP contribution in [0.4, 0.5) is 0 Å². The number of carbonyl (C=O) groups excluding carboxylic acids is 3. The van der Waals surface area contributed by atoms with Gasteiger partial charge in [-0.05, 0) is 41.9 Å². The Kier molecular flexibility index (Phi) is 3.74. The van der Waals surface area contributed by atoms with Gasteiger partial charge in [-0.2, -0.15) is 0 Å². The normalized spacial score (nSPS) is 34.4. The zero-order chi connectivity index (χ0) is 19.7. The average Bonchev–Trinajstić information content (AvgIpc) is 3.21. The maximum absolute atomic E-state index is 13.0. The van der Waals surface area contributed by atoms with Crippen LogP contribution in [0.25, 0.3) is 0 Å². The molecule has 1 atom stereocenters. The summed E-state index contributed by atoms with van der Waals surface area (Å²) in [6.07, 6.45) is 2.95. The van der Waals surface area contributed by atoms with Crippen LogP contribution in [0.1, 0.15) is 54.1 Å². The molecule has 1 aromatic carbocycles. The molecular formula is C21H26N4O3. The number of rotatable bonds is 4. The molecule has 3 N–H and O–H groups in total. The van der Waals surface area contributed by atoms with Gasteiger partial charge in [0.05, 0.1) is 0 Å². The number of benzene rings is 1. The third-order valence-corrected chi connectivity index (χ3v) is 7.18. The molecule has 0 spiro atoms. The molecule has 28 heavy (non-hydrogen) atoms. The molecule has 7 nitrogen and oxygen atoms in total. The van der Waals surface area contributed by atoms with Crippen LogP contribution < -0.4 is 11.1 Å². The number of hydrogen-bond donors (Lipinski definition) is 2. The number of nitrogens with zero attached hydrogens (tertiary/aromatic N) is 2. The van der Waals surface area contributed by atoms with E-state index in [1.807, 2.05) is 12.1 Å². The molecule has 7 heteroatoms. The summed E-state index contributed by atoms with van der Waals surface area (Å²) in [4.78, 5) is 40.8. The Morgan fingerprint density at radius 2 is 2.04 bits per heavy atom. The molecule has 0 radical (unpaired) electrons. The molecule has 1 saturated carbocycles. The first-order valence-electron chi connectivity index (χ1n) is 10.0. The fourth-order valence-electron chi connectivity index (χ4n) is 6.00. The van der Waals surface area contributed by atoms with Gasteiger partial charge in [0.25, 0.3) is 5.91 Å². The summed E-state index contributed by atoms with van der Waals surface area (Å²) in [5, 5.41) is 2.36. The van der Waals surface area contributed by atoms with Gasteiger partial charge in [0.15, 0.2) is 0 Å². The Hall–Kier alpha value is -2.25. The zero-order valence-corrected chi connectivity index (χ0v) is 16.2. The van der Waals surface area contributed by atoms with E-state index in [2.05, 4.69) is 23.2 Å². The van der Waals surface area contributed by atoms with Crippen molar-refractivity contribution in [1.82, 2.24) is 15.1 Å². The van der Waals surface area contributed by atoms with Crippen LogP contribution in [0.3, 0.4) is 0 Å². The van der Waals surface area contributed by atoms with Crippen molar-refractivity contribution in [2.45, 2.75) is 57.3 Å². The molecule has 0 aromatic heterocycles. The van der Waals surface area contributed by atoms with Gasteiger partial charge in [0.1, 0.15) is 6.04 Å². The van der Waals surface area contributed by atoms with Crippen molar-refractivity contribution in [2.24, 2.45) is 11.1 Å². The van der Waals surface area contributed by atoms with Gasteiger partial charge >= 0.3 is 0 Å². The van der Waals surface area contributed by atoms with Gasteiger partial charge in [0, 0.05) is 43.7 Å².